The molecule has 176 valence electrons. The summed E-state index contributed by atoms with van der Waals surface area (Å²) in [7, 11) is -2.22. The molecule has 1 heterocycles. The first-order valence-corrected chi connectivity index (χ1v) is 14.6. The molecular formula is C21H17BrCl3NO5S2. The van der Waals surface area contributed by atoms with Crippen molar-refractivity contribution in [3.8, 4) is 5.75 Å². The molecule has 3 aromatic rings. The van der Waals surface area contributed by atoms with Gasteiger partial charge in [-0.1, -0.05) is 23.2 Å². The van der Waals surface area contributed by atoms with Gasteiger partial charge in [-0.15, -0.1) is 0 Å². The molecule has 0 N–H and O–H groups in total. The van der Waals surface area contributed by atoms with E-state index >= 15 is 0 Å². The van der Waals surface area contributed by atoms with Crippen LogP contribution >= 0.6 is 49.8 Å². The van der Waals surface area contributed by atoms with Gasteiger partial charge in [0.1, 0.15) is 6.61 Å². The number of nitrogens with zero attached hydrogens (tertiary/aromatic N) is 1. The third-order valence-corrected chi connectivity index (χ3v) is 8.76. The molecule has 1 aliphatic heterocycles. The van der Waals surface area contributed by atoms with Crippen LogP contribution in [0.4, 0.5) is 5.69 Å². The van der Waals surface area contributed by atoms with Gasteiger partial charge in [-0.05, 0) is 89.1 Å². The minimum atomic E-state index is -3.65. The van der Waals surface area contributed by atoms with Gasteiger partial charge in [0.2, 0.25) is 0 Å². The standard InChI is InChI=1S/C15H13BrClNO3S.C6H4Cl2O2S/c1-10-8-13(16)15-14(9-10)18(6-7-21-15)22(19,20)12-4-2-11(17)3-5-12;7-5-1-3-6(4-2-5)11(8,9)10/h2-5,8-9H,6-7H2,1H3;1-4H. The lowest BCUT2D eigenvalue weighted by Crippen LogP contribution is -2.38. The Labute approximate surface area is 215 Å². The zero-order valence-electron chi connectivity index (χ0n) is 17.0. The van der Waals surface area contributed by atoms with Crippen LogP contribution in [0.5, 0.6) is 5.75 Å². The largest absolute Gasteiger partial charge is 0.488 e. The highest BCUT2D eigenvalue weighted by Gasteiger charge is 2.31. The van der Waals surface area contributed by atoms with Crippen molar-refractivity contribution in [3.63, 3.8) is 0 Å². The first-order chi connectivity index (χ1) is 15.4. The first-order valence-electron chi connectivity index (χ1n) is 9.31. The SMILES string of the molecule is Cc1cc(Br)c2c(c1)N(S(=O)(=O)c1ccc(Cl)cc1)CCO2.O=S(=O)(Cl)c1ccc(Cl)cc1. The smallest absolute Gasteiger partial charge is 0.264 e. The lowest BCUT2D eigenvalue weighted by atomic mass is 10.2. The average Bonchev–Trinajstić information content (AvgIpc) is 2.73. The minimum absolute atomic E-state index is 0.0589. The fraction of sp³-hybridized carbons (Fsp3) is 0.143. The number of anilines is 1. The lowest BCUT2D eigenvalue weighted by molar-refractivity contribution is 0.313. The molecule has 12 heteroatoms. The number of hydrogen-bond acceptors (Lipinski definition) is 5. The molecule has 0 aliphatic carbocycles. The summed E-state index contributed by atoms with van der Waals surface area (Å²) in [5.74, 6) is 0.550. The van der Waals surface area contributed by atoms with Crippen LogP contribution < -0.4 is 9.04 Å². The maximum absolute atomic E-state index is 12.9. The molecule has 0 unspecified atom stereocenters. The fourth-order valence-corrected chi connectivity index (χ4v) is 6.11. The van der Waals surface area contributed by atoms with Crippen LogP contribution in [0.25, 0.3) is 0 Å². The van der Waals surface area contributed by atoms with Crippen molar-refractivity contribution in [2.24, 2.45) is 0 Å². The summed E-state index contributed by atoms with van der Waals surface area (Å²) < 4.78 is 54.9. The molecule has 0 radical (unpaired) electrons. The minimum Gasteiger partial charge on any atom is -0.488 e. The molecular weight excluding hydrogens is 597 g/mol. The molecule has 1 aliphatic rings. The topological polar surface area (TPSA) is 80.8 Å². The summed E-state index contributed by atoms with van der Waals surface area (Å²) >= 11 is 14.8. The van der Waals surface area contributed by atoms with Crippen molar-refractivity contribution in [2.45, 2.75) is 16.7 Å². The van der Waals surface area contributed by atoms with Crippen molar-refractivity contribution < 1.29 is 21.6 Å². The number of aryl methyl sites for hydroxylation is 1. The van der Waals surface area contributed by atoms with E-state index in [9.17, 15) is 16.8 Å². The van der Waals surface area contributed by atoms with E-state index in [1.165, 1.54) is 40.7 Å². The van der Waals surface area contributed by atoms with Crippen molar-refractivity contribution in [1.29, 1.82) is 0 Å². The van der Waals surface area contributed by atoms with E-state index in [0.717, 1.165) is 10.0 Å². The van der Waals surface area contributed by atoms with Gasteiger partial charge in [-0.2, -0.15) is 0 Å². The molecule has 33 heavy (non-hydrogen) atoms. The Balaban J connectivity index is 0.000000235. The summed E-state index contributed by atoms with van der Waals surface area (Å²) in [5, 5.41) is 0.981. The van der Waals surface area contributed by atoms with E-state index in [-0.39, 0.29) is 16.3 Å². The molecule has 0 fully saturated rings. The number of sulfonamides is 1. The third-order valence-electron chi connectivity index (χ3n) is 4.47. The number of benzene rings is 3. The van der Waals surface area contributed by atoms with Crippen molar-refractivity contribution in [1.82, 2.24) is 0 Å². The van der Waals surface area contributed by atoms with E-state index in [4.69, 9.17) is 38.6 Å². The molecule has 0 saturated heterocycles. The fourth-order valence-electron chi connectivity index (χ4n) is 2.97. The molecule has 4 rings (SSSR count). The molecule has 0 aromatic heterocycles. The van der Waals surface area contributed by atoms with Gasteiger partial charge in [0.05, 0.1) is 26.5 Å². The maximum Gasteiger partial charge on any atom is 0.264 e. The highest BCUT2D eigenvalue weighted by Crippen LogP contribution is 2.41. The second kappa shape index (κ2) is 10.4. The number of fused-ring (bicyclic) bond motifs is 1. The highest BCUT2D eigenvalue weighted by molar-refractivity contribution is 9.10. The Kier molecular flexibility index (Phi) is 8.24. The summed E-state index contributed by atoms with van der Waals surface area (Å²) in [6.45, 7) is 2.49. The Morgan fingerprint density at radius 2 is 1.39 bits per heavy atom. The molecule has 0 bridgehead atoms. The van der Waals surface area contributed by atoms with Gasteiger partial charge in [-0.3, -0.25) is 4.31 Å². The van der Waals surface area contributed by atoms with Crippen molar-refractivity contribution in [3.05, 3.63) is 80.7 Å². The Bertz CT molecular complexity index is 1360. The lowest BCUT2D eigenvalue weighted by Gasteiger charge is -2.31. The molecule has 0 atom stereocenters. The second-order valence-electron chi connectivity index (χ2n) is 6.87. The third kappa shape index (κ3) is 6.35. The zero-order chi connectivity index (χ0) is 24.4. The molecule has 6 nitrogen and oxygen atoms in total. The normalized spacial score (nSPS) is 13.4. The van der Waals surface area contributed by atoms with E-state index in [1.54, 1.807) is 12.1 Å². The van der Waals surface area contributed by atoms with E-state index in [2.05, 4.69) is 15.9 Å². The Morgan fingerprint density at radius 3 is 1.91 bits per heavy atom. The Hall–Kier alpha value is -1.49. The van der Waals surface area contributed by atoms with Crippen LogP contribution in [0, 0.1) is 6.92 Å². The Morgan fingerprint density at radius 1 is 0.879 bits per heavy atom. The first kappa shape index (κ1) is 26.1. The van der Waals surface area contributed by atoms with Crippen LogP contribution in [0.15, 0.2) is 74.9 Å². The van der Waals surface area contributed by atoms with Crippen LogP contribution in [0.3, 0.4) is 0 Å². The predicted molar refractivity (Wildman–Crippen MR) is 135 cm³/mol. The van der Waals surface area contributed by atoms with Gasteiger partial charge in [0.25, 0.3) is 19.1 Å². The summed E-state index contributed by atoms with van der Waals surface area (Å²) in [6.07, 6.45) is 0. The van der Waals surface area contributed by atoms with Crippen LogP contribution in [-0.2, 0) is 19.1 Å². The predicted octanol–water partition coefficient (Wildman–Crippen LogP) is 6.27. The molecule has 0 spiro atoms. The van der Waals surface area contributed by atoms with Gasteiger partial charge < -0.3 is 4.74 Å². The van der Waals surface area contributed by atoms with Crippen molar-refractivity contribution >= 4 is 74.6 Å². The number of ether oxygens (including phenoxy) is 1. The quantitative estimate of drug-likeness (QED) is 0.326. The van der Waals surface area contributed by atoms with Crippen LogP contribution in [0.1, 0.15) is 5.56 Å². The second-order valence-corrected chi connectivity index (χ2v) is 13.0. The number of halogens is 4. The van der Waals surface area contributed by atoms with Crippen LogP contribution in [0.2, 0.25) is 10.0 Å². The monoisotopic (exact) mass is 611 g/mol. The van der Waals surface area contributed by atoms with Gasteiger partial charge in [0, 0.05) is 20.7 Å². The summed E-state index contributed by atoms with van der Waals surface area (Å²) in [5.41, 5.74) is 1.50. The van der Waals surface area contributed by atoms with Crippen molar-refractivity contribution in [2.75, 3.05) is 17.5 Å². The summed E-state index contributed by atoms with van der Waals surface area (Å²) in [4.78, 5) is 0.269. The zero-order valence-corrected chi connectivity index (χ0v) is 22.5. The maximum atomic E-state index is 12.9. The molecule has 0 amide bonds. The number of rotatable bonds is 3. The van der Waals surface area contributed by atoms with E-state index in [1.807, 2.05) is 19.1 Å². The number of hydrogen-bond donors (Lipinski definition) is 0. The van der Waals surface area contributed by atoms with Gasteiger partial charge in [0.15, 0.2) is 5.75 Å². The molecule has 0 saturated carbocycles. The van der Waals surface area contributed by atoms with E-state index in [0.29, 0.717) is 28.1 Å². The van der Waals surface area contributed by atoms with Gasteiger partial charge >= 0.3 is 0 Å². The highest BCUT2D eigenvalue weighted by atomic mass is 79.9. The van der Waals surface area contributed by atoms with Crippen LogP contribution in [-0.4, -0.2) is 30.0 Å². The average molecular weight is 614 g/mol. The summed E-state index contributed by atoms with van der Waals surface area (Å²) in [6, 6.07) is 15.5. The van der Waals surface area contributed by atoms with E-state index < -0.39 is 19.1 Å². The molecule has 3 aromatic carbocycles. The van der Waals surface area contributed by atoms with Gasteiger partial charge in [-0.25, -0.2) is 16.8 Å².